The Hall–Kier alpha value is -1.55. The molecule has 2 aromatic rings. The van der Waals surface area contributed by atoms with Gasteiger partial charge >= 0.3 is 0 Å². The van der Waals surface area contributed by atoms with Crippen molar-refractivity contribution in [2.75, 3.05) is 18.8 Å². The molecule has 0 amide bonds. The number of imidazole rings is 1. The lowest BCUT2D eigenvalue weighted by molar-refractivity contribution is 0.262. The quantitative estimate of drug-likeness (QED) is 0.868. The summed E-state index contributed by atoms with van der Waals surface area (Å²) >= 11 is 0. The Bertz CT molecular complexity index is 538. The molecule has 4 heteroatoms. The van der Waals surface area contributed by atoms with E-state index in [2.05, 4.69) is 35.1 Å². The van der Waals surface area contributed by atoms with Crippen molar-refractivity contribution in [3.63, 3.8) is 0 Å². The highest BCUT2D eigenvalue weighted by Gasteiger charge is 2.12. The van der Waals surface area contributed by atoms with Crippen LogP contribution in [0.3, 0.4) is 0 Å². The summed E-state index contributed by atoms with van der Waals surface area (Å²) in [6, 6.07) is 3.89. The number of nitrogen functional groups attached to an aromatic ring is 1. The molecule has 0 saturated heterocycles. The van der Waals surface area contributed by atoms with E-state index in [1.807, 2.05) is 18.3 Å². The van der Waals surface area contributed by atoms with Crippen molar-refractivity contribution in [1.82, 2.24) is 14.3 Å². The highest BCUT2D eigenvalue weighted by atomic mass is 15.1. The Kier molecular flexibility index (Phi) is 4.43. The zero-order chi connectivity index (χ0) is 13.8. The van der Waals surface area contributed by atoms with Crippen LogP contribution in [0, 0.1) is 6.92 Å². The summed E-state index contributed by atoms with van der Waals surface area (Å²) in [6.45, 7) is 9.72. The van der Waals surface area contributed by atoms with Crippen LogP contribution in [0.2, 0.25) is 0 Å². The summed E-state index contributed by atoms with van der Waals surface area (Å²) in [5, 5.41) is 0. The highest BCUT2D eigenvalue weighted by molar-refractivity contribution is 5.50. The van der Waals surface area contributed by atoms with Crippen LogP contribution in [-0.4, -0.2) is 27.4 Å². The molecule has 0 bridgehead atoms. The zero-order valence-electron chi connectivity index (χ0n) is 12.2. The van der Waals surface area contributed by atoms with Crippen molar-refractivity contribution in [3.05, 3.63) is 29.7 Å². The second-order valence-electron chi connectivity index (χ2n) is 5.11. The first-order valence-electron chi connectivity index (χ1n) is 7.11. The van der Waals surface area contributed by atoms with Crippen molar-refractivity contribution in [2.24, 2.45) is 0 Å². The summed E-state index contributed by atoms with van der Waals surface area (Å²) in [4.78, 5) is 7.09. The first-order chi connectivity index (χ1) is 9.15. The van der Waals surface area contributed by atoms with Gasteiger partial charge in [-0.25, -0.2) is 4.98 Å². The molecular formula is C15H24N4. The summed E-state index contributed by atoms with van der Waals surface area (Å²) in [5.74, 6) is 0. The number of rotatable bonds is 6. The third-order valence-electron chi connectivity index (χ3n) is 3.39. The lowest BCUT2D eigenvalue weighted by Crippen LogP contribution is -2.26. The summed E-state index contributed by atoms with van der Waals surface area (Å²) in [5.41, 5.74) is 10.0. The maximum Gasteiger partial charge on any atom is 0.137 e. The van der Waals surface area contributed by atoms with E-state index in [0.29, 0.717) is 0 Å². The Morgan fingerprint density at radius 2 is 1.89 bits per heavy atom. The van der Waals surface area contributed by atoms with Gasteiger partial charge in [0.05, 0.1) is 11.4 Å². The average Bonchev–Trinajstić information content (AvgIpc) is 2.67. The van der Waals surface area contributed by atoms with E-state index in [1.165, 1.54) is 18.5 Å². The van der Waals surface area contributed by atoms with Gasteiger partial charge in [-0.15, -0.1) is 0 Å². The van der Waals surface area contributed by atoms with Gasteiger partial charge < -0.3 is 10.1 Å². The second kappa shape index (κ2) is 6.06. The number of nitrogens with zero attached hydrogens (tertiary/aromatic N) is 3. The molecule has 4 nitrogen and oxygen atoms in total. The van der Waals surface area contributed by atoms with Crippen molar-refractivity contribution < 1.29 is 0 Å². The summed E-state index contributed by atoms with van der Waals surface area (Å²) < 4.78 is 2.13. The van der Waals surface area contributed by atoms with E-state index in [4.69, 9.17) is 5.73 Å². The first kappa shape index (κ1) is 13.9. The molecular weight excluding hydrogens is 236 g/mol. The zero-order valence-corrected chi connectivity index (χ0v) is 12.2. The van der Waals surface area contributed by atoms with Gasteiger partial charge in [0.15, 0.2) is 0 Å². The Balaban J connectivity index is 2.32. The first-order valence-corrected chi connectivity index (χ1v) is 7.11. The molecule has 2 rings (SSSR count). The highest BCUT2D eigenvalue weighted by Crippen LogP contribution is 2.16. The monoisotopic (exact) mass is 260 g/mol. The Labute approximate surface area is 115 Å². The molecule has 19 heavy (non-hydrogen) atoms. The van der Waals surface area contributed by atoms with Crippen molar-refractivity contribution in [3.8, 4) is 0 Å². The van der Waals surface area contributed by atoms with Gasteiger partial charge in [0.2, 0.25) is 0 Å². The molecule has 0 fully saturated rings. The molecule has 0 radical (unpaired) electrons. The van der Waals surface area contributed by atoms with Gasteiger partial charge in [-0.3, -0.25) is 4.90 Å². The van der Waals surface area contributed by atoms with Crippen molar-refractivity contribution >= 4 is 11.3 Å². The molecule has 0 spiro atoms. The topological polar surface area (TPSA) is 46.6 Å². The number of nitrogens with two attached hydrogens (primary N) is 1. The van der Waals surface area contributed by atoms with Crippen LogP contribution in [0.25, 0.3) is 5.65 Å². The molecule has 2 N–H and O–H groups in total. The molecule has 0 atom stereocenters. The summed E-state index contributed by atoms with van der Waals surface area (Å²) in [7, 11) is 0. The van der Waals surface area contributed by atoms with E-state index in [0.717, 1.165) is 36.7 Å². The fourth-order valence-electron chi connectivity index (χ4n) is 2.53. The third kappa shape index (κ3) is 3.07. The number of aryl methyl sites for hydroxylation is 1. The normalized spacial score (nSPS) is 11.6. The van der Waals surface area contributed by atoms with Gasteiger partial charge in [-0.1, -0.05) is 13.8 Å². The maximum atomic E-state index is 5.89. The van der Waals surface area contributed by atoms with Gasteiger partial charge in [0.1, 0.15) is 5.65 Å². The van der Waals surface area contributed by atoms with Crippen LogP contribution < -0.4 is 5.73 Å². The van der Waals surface area contributed by atoms with E-state index in [-0.39, 0.29) is 0 Å². The minimum atomic E-state index is 0.781. The minimum Gasteiger partial charge on any atom is -0.398 e. The van der Waals surface area contributed by atoms with E-state index >= 15 is 0 Å². The minimum absolute atomic E-state index is 0.781. The molecule has 2 aromatic heterocycles. The SMILES string of the molecule is CCCN(CCC)Cc1c(C)nc2ccc(N)cn12. The van der Waals surface area contributed by atoms with E-state index in [9.17, 15) is 0 Å². The summed E-state index contributed by atoms with van der Waals surface area (Å²) in [6.07, 6.45) is 4.33. The standard InChI is InChI=1S/C15H24N4/c1-4-8-18(9-5-2)11-14-12(3)17-15-7-6-13(16)10-19(14)15/h6-7,10H,4-5,8-9,11,16H2,1-3H3. The number of hydrogen-bond donors (Lipinski definition) is 1. The van der Waals surface area contributed by atoms with Gasteiger partial charge in [0, 0.05) is 18.4 Å². The lowest BCUT2D eigenvalue weighted by Gasteiger charge is -2.21. The molecule has 0 saturated carbocycles. The van der Waals surface area contributed by atoms with Crippen LogP contribution in [0.1, 0.15) is 38.1 Å². The third-order valence-corrected chi connectivity index (χ3v) is 3.39. The molecule has 0 aliphatic rings. The van der Waals surface area contributed by atoms with Gasteiger partial charge in [0.25, 0.3) is 0 Å². The van der Waals surface area contributed by atoms with Crippen molar-refractivity contribution in [1.29, 1.82) is 0 Å². The maximum absolute atomic E-state index is 5.89. The second-order valence-corrected chi connectivity index (χ2v) is 5.11. The number of aromatic nitrogens is 2. The fourth-order valence-corrected chi connectivity index (χ4v) is 2.53. The van der Waals surface area contributed by atoms with E-state index in [1.54, 1.807) is 0 Å². The molecule has 0 aromatic carbocycles. The predicted molar refractivity (Wildman–Crippen MR) is 80.2 cm³/mol. The van der Waals surface area contributed by atoms with Crippen LogP contribution in [-0.2, 0) is 6.54 Å². The molecule has 104 valence electrons. The number of hydrogen-bond acceptors (Lipinski definition) is 3. The van der Waals surface area contributed by atoms with Crippen LogP contribution in [0.5, 0.6) is 0 Å². The van der Waals surface area contributed by atoms with Gasteiger partial charge in [-0.05, 0) is 45.0 Å². The van der Waals surface area contributed by atoms with Gasteiger partial charge in [-0.2, -0.15) is 0 Å². The molecule has 2 heterocycles. The average molecular weight is 260 g/mol. The predicted octanol–water partition coefficient (Wildman–Crippen LogP) is 2.85. The number of pyridine rings is 1. The Morgan fingerprint density at radius 3 is 2.53 bits per heavy atom. The van der Waals surface area contributed by atoms with Crippen LogP contribution in [0.4, 0.5) is 5.69 Å². The molecule has 0 aliphatic heterocycles. The number of anilines is 1. The largest absolute Gasteiger partial charge is 0.398 e. The molecule has 0 unspecified atom stereocenters. The van der Waals surface area contributed by atoms with Crippen LogP contribution in [0.15, 0.2) is 18.3 Å². The fraction of sp³-hybridized carbons (Fsp3) is 0.533. The smallest absolute Gasteiger partial charge is 0.137 e. The number of fused-ring (bicyclic) bond motifs is 1. The Morgan fingerprint density at radius 1 is 1.21 bits per heavy atom. The van der Waals surface area contributed by atoms with E-state index < -0.39 is 0 Å². The van der Waals surface area contributed by atoms with Crippen LogP contribution >= 0.6 is 0 Å². The van der Waals surface area contributed by atoms with Crippen molar-refractivity contribution in [2.45, 2.75) is 40.2 Å². The molecule has 0 aliphatic carbocycles. The lowest BCUT2D eigenvalue weighted by atomic mass is 10.2.